The third kappa shape index (κ3) is 4.25. The molecule has 6 aromatic carbocycles. The number of hydrogen-bond acceptors (Lipinski definition) is 3. The zero-order valence-electron chi connectivity index (χ0n) is 23.8. The lowest BCUT2D eigenvalue weighted by atomic mass is 9.90. The number of nitrogens with zero attached hydrogens (tertiary/aromatic N) is 2. The van der Waals surface area contributed by atoms with E-state index in [2.05, 4.69) is 71.7 Å². The zero-order chi connectivity index (χ0) is 29.5. The lowest BCUT2D eigenvalue weighted by molar-refractivity contribution is 0.592. The number of fused-ring (bicyclic) bond motifs is 5. The molecular weight excluding hydrogens is 555 g/mol. The Bertz CT molecular complexity index is 2310. The molecule has 8 aromatic rings. The summed E-state index contributed by atoms with van der Waals surface area (Å²) in [4.78, 5) is 9.58. The van der Waals surface area contributed by atoms with Crippen molar-refractivity contribution in [2.75, 3.05) is 0 Å². The third-order valence-corrected chi connectivity index (χ3v) is 11.5. The van der Waals surface area contributed by atoms with Crippen LogP contribution in [0.3, 0.4) is 0 Å². The standard InChI is InChI=1S/C40H27N2OP/c43-44(30-15-3-1-4-16-30,31-17-5-2-6-18-31)32-19-11-13-28(25-32)36-26-37-39(34-21-8-7-20-33(34)36)35-22-9-10-23-38(35)42-40(37)29-14-12-24-41-27-29/h1-27H. The Morgan fingerprint density at radius 3 is 1.80 bits per heavy atom. The van der Waals surface area contributed by atoms with E-state index in [-0.39, 0.29) is 0 Å². The van der Waals surface area contributed by atoms with Crippen molar-refractivity contribution in [2.24, 2.45) is 0 Å². The first-order valence-electron chi connectivity index (χ1n) is 14.7. The molecule has 3 nitrogen and oxygen atoms in total. The Labute approximate surface area is 255 Å². The molecule has 0 N–H and O–H groups in total. The van der Waals surface area contributed by atoms with Crippen LogP contribution < -0.4 is 15.9 Å². The maximum absolute atomic E-state index is 15.2. The maximum Gasteiger partial charge on any atom is 0.171 e. The third-order valence-electron chi connectivity index (χ3n) is 8.40. The summed E-state index contributed by atoms with van der Waals surface area (Å²) in [6.45, 7) is 0. The van der Waals surface area contributed by atoms with Crippen LogP contribution in [0.5, 0.6) is 0 Å². The van der Waals surface area contributed by atoms with Crippen molar-refractivity contribution in [3.05, 3.63) is 164 Å². The first kappa shape index (κ1) is 26.3. The highest BCUT2D eigenvalue weighted by Crippen LogP contribution is 2.45. The predicted octanol–water partition coefficient (Wildman–Crippen LogP) is 8.91. The van der Waals surface area contributed by atoms with E-state index in [0.29, 0.717) is 0 Å². The summed E-state index contributed by atoms with van der Waals surface area (Å²) in [6, 6.07) is 51.1. The quantitative estimate of drug-likeness (QED) is 0.150. The van der Waals surface area contributed by atoms with Crippen molar-refractivity contribution < 1.29 is 4.57 Å². The van der Waals surface area contributed by atoms with Gasteiger partial charge in [-0.1, -0.05) is 121 Å². The van der Waals surface area contributed by atoms with Gasteiger partial charge in [0.05, 0.1) is 11.2 Å². The van der Waals surface area contributed by atoms with E-state index in [1.807, 2.05) is 91.1 Å². The molecule has 0 aliphatic carbocycles. The van der Waals surface area contributed by atoms with Gasteiger partial charge in [0.1, 0.15) is 0 Å². The van der Waals surface area contributed by atoms with E-state index < -0.39 is 7.14 Å². The van der Waals surface area contributed by atoms with E-state index in [0.717, 1.165) is 65.4 Å². The van der Waals surface area contributed by atoms with E-state index in [4.69, 9.17) is 4.98 Å². The molecule has 8 rings (SSSR count). The Balaban J connectivity index is 1.44. The number of rotatable bonds is 5. The van der Waals surface area contributed by atoms with Crippen LogP contribution in [-0.2, 0) is 4.57 Å². The van der Waals surface area contributed by atoms with E-state index >= 15 is 4.57 Å². The average Bonchev–Trinajstić information content (AvgIpc) is 3.11. The van der Waals surface area contributed by atoms with Crippen LogP contribution in [0.2, 0.25) is 0 Å². The number of benzene rings is 6. The second-order valence-electron chi connectivity index (χ2n) is 10.9. The lowest BCUT2D eigenvalue weighted by Crippen LogP contribution is -2.25. The van der Waals surface area contributed by atoms with Gasteiger partial charge in [-0.2, -0.15) is 0 Å². The number of hydrogen-bond donors (Lipinski definition) is 0. The summed E-state index contributed by atoms with van der Waals surface area (Å²) in [5, 5.41) is 8.09. The van der Waals surface area contributed by atoms with Crippen LogP contribution in [-0.4, -0.2) is 9.97 Å². The van der Waals surface area contributed by atoms with E-state index in [1.165, 1.54) is 5.39 Å². The fourth-order valence-electron chi connectivity index (χ4n) is 6.37. The molecule has 4 heteroatoms. The summed E-state index contributed by atoms with van der Waals surface area (Å²) >= 11 is 0. The van der Waals surface area contributed by atoms with Crippen LogP contribution in [0, 0.1) is 0 Å². The van der Waals surface area contributed by atoms with E-state index in [9.17, 15) is 0 Å². The largest absolute Gasteiger partial charge is 0.309 e. The van der Waals surface area contributed by atoms with Crippen LogP contribution >= 0.6 is 7.14 Å². The second-order valence-corrected chi connectivity index (χ2v) is 13.7. The van der Waals surface area contributed by atoms with Gasteiger partial charge in [-0.25, -0.2) is 4.98 Å². The molecule has 0 amide bonds. The molecule has 208 valence electrons. The first-order valence-corrected chi connectivity index (χ1v) is 16.4. The van der Waals surface area contributed by atoms with Crippen LogP contribution in [0.1, 0.15) is 0 Å². The summed E-state index contributed by atoms with van der Waals surface area (Å²) in [5.74, 6) is 0. The van der Waals surface area contributed by atoms with Crippen LogP contribution in [0.15, 0.2) is 164 Å². The van der Waals surface area contributed by atoms with Crippen molar-refractivity contribution in [3.63, 3.8) is 0 Å². The Morgan fingerprint density at radius 1 is 0.477 bits per heavy atom. The molecule has 0 atom stereocenters. The van der Waals surface area contributed by atoms with Gasteiger partial charge in [0.2, 0.25) is 0 Å². The summed E-state index contributed by atoms with van der Waals surface area (Å²) < 4.78 is 15.2. The molecule has 0 spiro atoms. The van der Waals surface area contributed by atoms with Gasteiger partial charge in [0, 0.05) is 50.0 Å². The van der Waals surface area contributed by atoms with E-state index in [1.54, 1.807) is 6.20 Å². The van der Waals surface area contributed by atoms with Gasteiger partial charge in [-0.05, 0) is 52.2 Å². The first-order chi connectivity index (χ1) is 21.7. The smallest absolute Gasteiger partial charge is 0.171 e. The average molecular weight is 583 g/mol. The molecule has 2 aromatic heterocycles. The molecule has 0 saturated carbocycles. The van der Waals surface area contributed by atoms with Gasteiger partial charge >= 0.3 is 0 Å². The Hall–Kier alpha value is -5.37. The number of pyridine rings is 2. The maximum atomic E-state index is 15.2. The SMILES string of the molecule is O=P(c1ccccc1)(c1ccccc1)c1cccc(-c2cc3c(-c4cccnc4)nc4ccccc4c3c3ccccc23)c1. The van der Waals surface area contributed by atoms with Crippen LogP contribution in [0.25, 0.3) is 54.8 Å². The van der Waals surface area contributed by atoms with Gasteiger partial charge < -0.3 is 4.57 Å². The van der Waals surface area contributed by atoms with Crippen molar-refractivity contribution in [3.8, 4) is 22.4 Å². The summed E-state index contributed by atoms with van der Waals surface area (Å²) in [5.41, 5.74) is 4.90. The van der Waals surface area contributed by atoms with Crippen molar-refractivity contribution in [1.82, 2.24) is 9.97 Å². The minimum atomic E-state index is -3.14. The fraction of sp³-hybridized carbons (Fsp3) is 0. The molecule has 0 bridgehead atoms. The van der Waals surface area contributed by atoms with Crippen molar-refractivity contribution in [1.29, 1.82) is 0 Å². The topological polar surface area (TPSA) is 42.9 Å². The number of aromatic nitrogens is 2. The fourth-order valence-corrected chi connectivity index (χ4v) is 9.06. The Kier molecular flexibility index (Phi) is 6.40. The highest BCUT2D eigenvalue weighted by atomic mass is 31.2. The summed E-state index contributed by atoms with van der Waals surface area (Å²) in [7, 11) is -3.14. The minimum absolute atomic E-state index is 0.806. The monoisotopic (exact) mass is 582 g/mol. The molecule has 2 heterocycles. The molecule has 0 radical (unpaired) electrons. The Morgan fingerprint density at radius 2 is 1.09 bits per heavy atom. The molecule has 0 fully saturated rings. The lowest BCUT2D eigenvalue weighted by Gasteiger charge is -2.21. The van der Waals surface area contributed by atoms with Gasteiger partial charge in [0.15, 0.2) is 7.14 Å². The highest BCUT2D eigenvalue weighted by molar-refractivity contribution is 7.85. The predicted molar refractivity (Wildman–Crippen MR) is 185 cm³/mol. The molecule has 0 aliphatic heterocycles. The van der Waals surface area contributed by atoms with Crippen LogP contribution in [0.4, 0.5) is 0 Å². The van der Waals surface area contributed by atoms with Gasteiger partial charge in [-0.3, -0.25) is 4.98 Å². The van der Waals surface area contributed by atoms with Crippen molar-refractivity contribution in [2.45, 2.75) is 0 Å². The highest BCUT2D eigenvalue weighted by Gasteiger charge is 2.30. The zero-order valence-corrected chi connectivity index (χ0v) is 24.7. The second kappa shape index (κ2) is 10.7. The normalized spacial score (nSPS) is 11.7. The van der Waals surface area contributed by atoms with Gasteiger partial charge in [0.25, 0.3) is 0 Å². The molecule has 0 aliphatic rings. The molecule has 44 heavy (non-hydrogen) atoms. The molecular formula is C40H27N2OP. The van der Waals surface area contributed by atoms with Crippen molar-refractivity contribution >= 4 is 55.5 Å². The minimum Gasteiger partial charge on any atom is -0.309 e. The number of para-hydroxylation sites is 1. The van der Waals surface area contributed by atoms with Gasteiger partial charge in [-0.15, -0.1) is 0 Å². The molecule has 0 saturated heterocycles. The molecule has 0 unspecified atom stereocenters. The summed E-state index contributed by atoms with van der Waals surface area (Å²) in [6.07, 6.45) is 3.67.